The van der Waals surface area contributed by atoms with Crippen LogP contribution in [-0.2, 0) is 0 Å². The summed E-state index contributed by atoms with van der Waals surface area (Å²) in [4.78, 5) is 16.1. The van der Waals surface area contributed by atoms with Gasteiger partial charge in [-0.2, -0.15) is 0 Å². The van der Waals surface area contributed by atoms with E-state index in [4.69, 9.17) is 0 Å². The number of fused-ring (bicyclic) bond motifs is 5. The standard InChI is InChI=1S/C13H9N5/c1-2-9-12-11(16-7-17-12)8-3-5-14-6-10(8)18-13(9)15-4-1/h1-7H,(H,15,18)(H,16,17). The highest BCUT2D eigenvalue weighted by Gasteiger charge is 2.21. The number of H-pyrrole nitrogens is 1. The maximum absolute atomic E-state index is 4.40. The topological polar surface area (TPSA) is 66.5 Å². The molecule has 4 rings (SSSR count). The van der Waals surface area contributed by atoms with Gasteiger partial charge in [0.15, 0.2) is 0 Å². The highest BCUT2D eigenvalue weighted by molar-refractivity contribution is 5.93. The molecule has 0 amide bonds. The van der Waals surface area contributed by atoms with Crippen LogP contribution >= 0.6 is 0 Å². The summed E-state index contributed by atoms with van der Waals surface area (Å²) < 4.78 is 0. The lowest BCUT2D eigenvalue weighted by molar-refractivity contribution is 1.26. The molecule has 0 atom stereocenters. The summed E-state index contributed by atoms with van der Waals surface area (Å²) in [5.74, 6) is 0.803. The monoisotopic (exact) mass is 235 g/mol. The lowest BCUT2D eigenvalue weighted by atomic mass is 10.1. The van der Waals surface area contributed by atoms with Crippen molar-refractivity contribution >= 4 is 11.5 Å². The first kappa shape index (κ1) is 9.35. The minimum absolute atomic E-state index is 0.803. The van der Waals surface area contributed by atoms with Gasteiger partial charge in [0, 0.05) is 23.5 Å². The fourth-order valence-electron chi connectivity index (χ4n) is 2.24. The molecule has 5 heteroatoms. The Balaban J connectivity index is 2.12. The summed E-state index contributed by atoms with van der Waals surface area (Å²) in [5, 5.41) is 3.30. The molecule has 5 nitrogen and oxygen atoms in total. The van der Waals surface area contributed by atoms with E-state index < -0.39 is 0 Å². The second-order valence-corrected chi connectivity index (χ2v) is 4.07. The van der Waals surface area contributed by atoms with Gasteiger partial charge in [0.25, 0.3) is 0 Å². The van der Waals surface area contributed by atoms with Gasteiger partial charge < -0.3 is 10.3 Å². The van der Waals surface area contributed by atoms with Gasteiger partial charge in [-0.3, -0.25) is 4.98 Å². The lowest BCUT2D eigenvalue weighted by Gasteiger charge is -2.07. The number of aromatic nitrogens is 4. The third-order valence-electron chi connectivity index (χ3n) is 3.05. The van der Waals surface area contributed by atoms with Gasteiger partial charge in [-0.1, -0.05) is 0 Å². The predicted molar refractivity (Wildman–Crippen MR) is 68.3 cm³/mol. The molecule has 2 N–H and O–H groups in total. The van der Waals surface area contributed by atoms with Crippen molar-refractivity contribution in [2.45, 2.75) is 0 Å². The molecule has 0 unspecified atom stereocenters. The highest BCUT2D eigenvalue weighted by atomic mass is 15.0. The summed E-state index contributed by atoms with van der Waals surface area (Å²) in [6.45, 7) is 0. The molecule has 0 saturated heterocycles. The SMILES string of the molecule is c1cnc2c(c1)-c1nc[nH]c1-c1ccncc1N2. The van der Waals surface area contributed by atoms with E-state index in [9.17, 15) is 0 Å². The van der Waals surface area contributed by atoms with Gasteiger partial charge in [-0.15, -0.1) is 0 Å². The molecule has 86 valence electrons. The van der Waals surface area contributed by atoms with Crippen molar-refractivity contribution in [1.29, 1.82) is 0 Å². The summed E-state index contributed by atoms with van der Waals surface area (Å²) in [5.41, 5.74) is 4.88. The van der Waals surface area contributed by atoms with Crippen molar-refractivity contribution in [2.24, 2.45) is 0 Å². The Morgan fingerprint density at radius 3 is 3.00 bits per heavy atom. The smallest absolute Gasteiger partial charge is 0.139 e. The number of nitrogens with zero attached hydrogens (tertiary/aromatic N) is 3. The van der Waals surface area contributed by atoms with Crippen LogP contribution in [0.25, 0.3) is 22.5 Å². The number of imidazole rings is 1. The zero-order valence-electron chi connectivity index (χ0n) is 9.38. The molecule has 1 aliphatic rings. The molecule has 0 radical (unpaired) electrons. The van der Waals surface area contributed by atoms with Gasteiger partial charge in [0.05, 0.1) is 29.6 Å². The molecule has 0 fully saturated rings. The second-order valence-electron chi connectivity index (χ2n) is 4.07. The zero-order chi connectivity index (χ0) is 11.9. The van der Waals surface area contributed by atoms with Gasteiger partial charge in [-0.25, -0.2) is 9.97 Å². The first-order valence-electron chi connectivity index (χ1n) is 5.63. The minimum atomic E-state index is 0.803. The fraction of sp³-hybridized carbons (Fsp3) is 0. The van der Waals surface area contributed by atoms with Crippen molar-refractivity contribution in [3.63, 3.8) is 0 Å². The van der Waals surface area contributed by atoms with E-state index in [-0.39, 0.29) is 0 Å². The Morgan fingerprint density at radius 1 is 1.00 bits per heavy atom. The van der Waals surface area contributed by atoms with Crippen LogP contribution in [0.4, 0.5) is 11.5 Å². The molecule has 3 aromatic rings. The second kappa shape index (κ2) is 3.40. The molecule has 4 heterocycles. The summed E-state index contributed by atoms with van der Waals surface area (Å²) in [6.07, 6.45) is 7.04. The fourth-order valence-corrected chi connectivity index (χ4v) is 2.24. The minimum Gasteiger partial charge on any atom is -0.344 e. The van der Waals surface area contributed by atoms with Crippen LogP contribution in [0.5, 0.6) is 0 Å². The van der Waals surface area contributed by atoms with Crippen molar-refractivity contribution in [1.82, 2.24) is 19.9 Å². The van der Waals surface area contributed by atoms with E-state index in [1.807, 2.05) is 18.2 Å². The quantitative estimate of drug-likeness (QED) is 0.491. The normalized spacial score (nSPS) is 11.8. The van der Waals surface area contributed by atoms with E-state index in [2.05, 4.69) is 25.3 Å². The van der Waals surface area contributed by atoms with E-state index >= 15 is 0 Å². The largest absolute Gasteiger partial charge is 0.344 e. The first-order valence-corrected chi connectivity index (χ1v) is 5.63. The van der Waals surface area contributed by atoms with Gasteiger partial charge in [-0.05, 0) is 18.2 Å². The predicted octanol–water partition coefficient (Wildman–Crippen LogP) is 2.59. The third kappa shape index (κ3) is 1.18. The van der Waals surface area contributed by atoms with Crippen molar-refractivity contribution in [2.75, 3.05) is 5.32 Å². The summed E-state index contributed by atoms with van der Waals surface area (Å²) >= 11 is 0. The number of hydrogen-bond donors (Lipinski definition) is 2. The summed E-state index contributed by atoms with van der Waals surface area (Å²) in [7, 11) is 0. The van der Waals surface area contributed by atoms with E-state index in [1.165, 1.54) is 0 Å². The zero-order valence-corrected chi connectivity index (χ0v) is 9.38. The Bertz CT molecular complexity index is 672. The Labute approximate surface area is 103 Å². The number of anilines is 2. The van der Waals surface area contributed by atoms with E-state index in [1.54, 1.807) is 24.9 Å². The first-order chi connectivity index (χ1) is 8.93. The van der Waals surface area contributed by atoms with Crippen LogP contribution < -0.4 is 5.32 Å². The van der Waals surface area contributed by atoms with Crippen molar-refractivity contribution < 1.29 is 0 Å². The van der Waals surface area contributed by atoms with Gasteiger partial charge in [0.2, 0.25) is 0 Å². The lowest BCUT2D eigenvalue weighted by Crippen LogP contribution is -1.95. The van der Waals surface area contributed by atoms with E-state index in [0.29, 0.717) is 0 Å². The average molecular weight is 235 g/mol. The molecule has 0 aromatic carbocycles. The van der Waals surface area contributed by atoms with Crippen LogP contribution in [0, 0.1) is 0 Å². The van der Waals surface area contributed by atoms with Crippen LogP contribution in [0.1, 0.15) is 0 Å². The molecule has 0 saturated carbocycles. The molecule has 0 bridgehead atoms. The maximum atomic E-state index is 4.40. The number of aromatic amines is 1. The molecule has 18 heavy (non-hydrogen) atoms. The van der Waals surface area contributed by atoms with Crippen LogP contribution in [0.15, 0.2) is 43.1 Å². The maximum Gasteiger partial charge on any atom is 0.139 e. The number of nitrogens with one attached hydrogen (secondary N) is 2. The van der Waals surface area contributed by atoms with Gasteiger partial charge in [0.1, 0.15) is 5.82 Å². The Kier molecular flexibility index (Phi) is 1.77. The van der Waals surface area contributed by atoms with Crippen LogP contribution in [-0.4, -0.2) is 19.9 Å². The number of hydrogen-bond acceptors (Lipinski definition) is 4. The molecule has 3 aromatic heterocycles. The van der Waals surface area contributed by atoms with Crippen molar-refractivity contribution in [3.8, 4) is 22.5 Å². The van der Waals surface area contributed by atoms with Crippen molar-refractivity contribution in [3.05, 3.63) is 43.1 Å². The van der Waals surface area contributed by atoms with E-state index in [0.717, 1.165) is 34.0 Å². The highest BCUT2D eigenvalue weighted by Crippen LogP contribution is 2.40. The Morgan fingerprint density at radius 2 is 2.00 bits per heavy atom. The van der Waals surface area contributed by atoms with Gasteiger partial charge >= 0.3 is 0 Å². The average Bonchev–Trinajstić information content (AvgIpc) is 2.84. The third-order valence-corrected chi connectivity index (χ3v) is 3.05. The number of rotatable bonds is 0. The molecule has 0 aliphatic carbocycles. The Hall–Kier alpha value is -2.69. The molecular weight excluding hydrogens is 226 g/mol. The summed E-state index contributed by atoms with van der Waals surface area (Å²) in [6, 6.07) is 5.88. The van der Waals surface area contributed by atoms with Crippen LogP contribution in [0.3, 0.4) is 0 Å². The van der Waals surface area contributed by atoms with Crippen LogP contribution in [0.2, 0.25) is 0 Å². The molecule has 1 aliphatic heterocycles. The molecule has 0 spiro atoms. The molecular formula is C13H9N5. The number of pyridine rings is 2.